The first kappa shape index (κ1) is 15.0. The Morgan fingerprint density at radius 2 is 2.39 bits per heavy atom. The first-order chi connectivity index (χ1) is 8.70. The van der Waals surface area contributed by atoms with Crippen LogP contribution >= 0.6 is 11.8 Å². The van der Waals surface area contributed by atoms with E-state index in [2.05, 4.69) is 16.7 Å². The van der Waals surface area contributed by atoms with Crippen molar-refractivity contribution in [1.82, 2.24) is 15.1 Å². The van der Waals surface area contributed by atoms with Gasteiger partial charge in [0.15, 0.2) is 0 Å². The van der Waals surface area contributed by atoms with Crippen LogP contribution in [0.25, 0.3) is 0 Å². The number of aromatic nitrogens is 2. The Kier molecular flexibility index (Phi) is 6.82. The molecule has 0 bridgehead atoms. The van der Waals surface area contributed by atoms with Crippen molar-refractivity contribution in [3.8, 4) is 0 Å². The summed E-state index contributed by atoms with van der Waals surface area (Å²) >= 11 is 1.84. The molecule has 102 valence electrons. The smallest absolute Gasteiger partial charge is 0.341 e. The summed E-state index contributed by atoms with van der Waals surface area (Å²) in [6.45, 7) is 3.76. The highest BCUT2D eigenvalue weighted by Gasteiger charge is 2.16. The molecule has 6 heteroatoms. The number of rotatable bonds is 8. The van der Waals surface area contributed by atoms with E-state index in [0.717, 1.165) is 24.4 Å². The molecule has 0 amide bonds. The Morgan fingerprint density at radius 1 is 1.61 bits per heavy atom. The summed E-state index contributed by atoms with van der Waals surface area (Å²) in [7, 11) is 1.83. The van der Waals surface area contributed by atoms with Crippen molar-refractivity contribution in [1.29, 1.82) is 0 Å². The molecule has 0 atom stereocenters. The molecule has 0 aromatic carbocycles. The van der Waals surface area contributed by atoms with Crippen LogP contribution in [-0.4, -0.2) is 40.9 Å². The van der Waals surface area contributed by atoms with Crippen LogP contribution in [-0.2, 0) is 18.3 Å². The maximum atomic E-state index is 11.7. The number of esters is 1. The van der Waals surface area contributed by atoms with Gasteiger partial charge in [-0.2, -0.15) is 16.9 Å². The van der Waals surface area contributed by atoms with Crippen molar-refractivity contribution in [2.75, 3.05) is 25.2 Å². The minimum atomic E-state index is -0.300. The molecular weight excluding hydrogens is 250 g/mol. The summed E-state index contributed by atoms with van der Waals surface area (Å²) < 4.78 is 6.72. The number of aryl methyl sites for hydroxylation is 1. The number of nitrogens with zero attached hydrogens (tertiary/aromatic N) is 2. The lowest BCUT2D eigenvalue weighted by atomic mass is 10.2. The molecular formula is C12H21N3O2S. The third-order valence-electron chi connectivity index (χ3n) is 2.55. The number of carbonyl (C=O) groups is 1. The summed E-state index contributed by atoms with van der Waals surface area (Å²) in [5.74, 6) is 0.842. The molecule has 1 rings (SSSR count). The fourth-order valence-electron chi connectivity index (χ4n) is 1.60. The molecule has 0 aliphatic carbocycles. The molecule has 1 heterocycles. The first-order valence-electron chi connectivity index (χ1n) is 6.08. The van der Waals surface area contributed by atoms with E-state index < -0.39 is 0 Å². The number of carbonyl (C=O) groups excluding carboxylic acids is 1. The molecule has 1 aromatic heterocycles. The summed E-state index contributed by atoms with van der Waals surface area (Å²) in [6, 6.07) is 0. The zero-order valence-electron chi connectivity index (χ0n) is 11.2. The maximum Gasteiger partial charge on any atom is 0.341 e. The highest BCUT2D eigenvalue weighted by molar-refractivity contribution is 7.98. The number of hydrogen-bond donors (Lipinski definition) is 1. The van der Waals surface area contributed by atoms with Crippen molar-refractivity contribution < 1.29 is 9.53 Å². The normalized spacial score (nSPS) is 10.6. The zero-order valence-corrected chi connectivity index (χ0v) is 12.0. The summed E-state index contributed by atoms with van der Waals surface area (Å²) in [5, 5.41) is 7.43. The molecule has 0 saturated carbocycles. The van der Waals surface area contributed by atoms with Gasteiger partial charge in [-0.1, -0.05) is 0 Å². The van der Waals surface area contributed by atoms with Crippen LogP contribution in [0.1, 0.15) is 29.4 Å². The minimum absolute atomic E-state index is 0.300. The largest absolute Gasteiger partial charge is 0.462 e. The van der Waals surface area contributed by atoms with Crippen molar-refractivity contribution in [3.05, 3.63) is 17.5 Å². The number of thioether (sulfide) groups is 1. The molecule has 0 radical (unpaired) electrons. The van der Waals surface area contributed by atoms with E-state index in [0.29, 0.717) is 18.7 Å². The second-order valence-corrected chi connectivity index (χ2v) is 4.86. The van der Waals surface area contributed by atoms with Crippen molar-refractivity contribution in [2.45, 2.75) is 19.9 Å². The lowest BCUT2D eigenvalue weighted by Crippen LogP contribution is -2.20. The van der Waals surface area contributed by atoms with E-state index in [9.17, 15) is 4.79 Å². The van der Waals surface area contributed by atoms with E-state index in [-0.39, 0.29) is 5.97 Å². The molecule has 0 saturated heterocycles. The molecule has 0 spiro atoms. The summed E-state index contributed by atoms with van der Waals surface area (Å²) in [4.78, 5) is 11.7. The van der Waals surface area contributed by atoms with Gasteiger partial charge in [-0.3, -0.25) is 4.68 Å². The molecule has 0 aliphatic rings. The third-order valence-corrected chi connectivity index (χ3v) is 3.25. The molecule has 1 aromatic rings. The summed E-state index contributed by atoms with van der Waals surface area (Å²) in [6.07, 6.45) is 4.78. The van der Waals surface area contributed by atoms with Crippen molar-refractivity contribution in [2.24, 2.45) is 7.05 Å². The summed E-state index contributed by atoms with van der Waals surface area (Å²) in [5.41, 5.74) is 1.43. The highest BCUT2D eigenvalue weighted by Crippen LogP contribution is 2.09. The number of hydrogen-bond acceptors (Lipinski definition) is 5. The van der Waals surface area contributed by atoms with Gasteiger partial charge in [0.1, 0.15) is 5.56 Å². The van der Waals surface area contributed by atoms with Crippen LogP contribution in [0.3, 0.4) is 0 Å². The fourth-order valence-corrected chi connectivity index (χ4v) is 2.03. The first-order valence-corrected chi connectivity index (χ1v) is 7.47. The van der Waals surface area contributed by atoms with Crippen LogP contribution in [0, 0.1) is 0 Å². The van der Waals surface area contributed by atoms with E-state index >= 15 is 0 Å². The van der Waals surface area contributed by atoms with E-state index in [1.165, 1.54) is 0 Å². The van der Waals surface area contributed by atoms with Crippen molar-refractivity contribution >= 4 is 17.7 Å². The molecule has 5 nitrogen and oxygen atoms in total. The predicted molar refractivity (Wildman–Crippen MR) is 73.9 cm³/mol. The van der Waals surface area contributed by atoms with Gasteiger partial charge in [0.25, 0.3) is 0 Å². The Morgan fingerprint density at radius 3 is 3.06 bits per heavy atom. The Hall–Kier alpha value is -1.01. The van der Waals surface area contributed by atoms with Crippen LogP contribution in [0.2, 0.25) is 0 Å². The standard InChI is InChI=1S/C12H21N3O2S/c1-4-17-12(16)10-8-14-15(2)11(10)9-13-6-5-7-18-3/h8,13H,4-7,9H2,1-3H3. The van der Waals surface area contributed by atoms with Gasteiger partial charge in [0, 0.05) is 13.6 Å². The second kappa shape index (κ2) is 8.16. The van der Waals surface area contributed by atoms with Crippen molar-refractivity contribution in [3.63, 3.8) is 0 Å². The fraction of sp³-hybridized carbons (Fsp3) is 0.667. The average molecular weight is 271 g/mol. The quantitative estimate of drug-likeness (QED) is 0.573. The van der Waals surface area contributed by atoms with Crippen LogP contribution in [0.4, 0.5) is 0 Å². The van der Waals surface area contributed by atoms with Gasteiger partial charge in [-0.05, 0) is 31.9 Å². The van der Waals surface area contributed by atoms with E-state index in [1.807, 2.05) is 18.8 Å². The van der Waals surface area contributed by atoms with Gasteiger partial charge in [0.05, 0.1) is 18.5 Å². The van der Waals surface area contributed by atoms with Gasteiger partial charge in [-0.15, -0.1) is 0 Å². The lowest BCUT2D eigenvalue weighted by molar-refractivity contribution is 0.0524. The van der Waals surface area contributed by atoms with Gasteiger partial charge in [0.2, 0.25) is 0 Å². The number of nitrogens with one attached hydrogen (secondary N) is 1. The third kappa shape index (κ3) is 4.34. The molecule has 0 unspecified atom stereocenters. The van der Waals surface area contributed by atoms with Crippen LogP contribution in [0.5, 0.6) is 0 Å². The lowest BCUT2D eigenvalue weighted by Gasteiger charge is -2.07. The van der Waals surface area contributed by atoms with Crippen LogP contribution in [0.15, 0.2) is 6.20 Å². The molecule has 1 N–H and O–H groups in total. The van der Waals surface area contributed by atoms with E-state index in [4.69, 9.17) is 4.74 Å². The highest BCUT2D eigenvalue weighted by atomic mass is 32.2. The van der Waals surface area contributed by atoms with Gasteiger partial charge < -0.3 is 10.1 Å². The molecule has 18 heavy (non-hydrogen) atoms. The SMILES string of the molecule is CCOC(=O)c1cnn(C)c1CNCCCSC. The average Bonchev–Trinajstić information content (AvgIpc) is 2.71. The van der Waals surface area contributed by atoms with Crippen LogP contribution < -0.4 is 5.32 Å². The minimum Gasteiger partial charge on any atom is -0.462 e. The Bertz CT molecular complexity index is 379. The van der Waals surface area contributed by atoms with Gasteiger partial charge >= 0.3 is 5.97 Å². The predicted octanol–water partition coefficient (Wildman–Crippen LogP) is 1.44. The Labute approximate surface area is 112 Å². The number of ether oxygens (including phenoxy) is 1. The maximum absolute atomic E-state index is 11.7. The van der Waals surface area contributed by atoms with E-state index in [1.54, 1.807) is 17.8 Å². The Balaban J connectivity index is 2.53. The zero-order chi connectivity index (χ0) is 13.4. The topological polar surface area (TPSA) is 56.1 Å². The second-order valence-electron chi connectivity index (χ2n) is 3.87. The monoisotopic (exact) mass is 271 g/mol. The molecule has 0 fully saturated rings. The van der Waals surface area contributed by atoms with Gasteiger partial charge in [-0.25, -0.2) is 4.79 Å². The molecule has 0 aliphatic heterocycles.